The first-order chi connectivity index (χ1) is 11.1. The molecule has 126 valence electrons. The Morgan fingerprint density at radius 1 is 1.52 bits per heavy atom. The quantitative estimate of drug-likeness (QED) is 0.723. The van der Waals surface area contributed by atoms with Crippen LogP contribution in [-0.4, -0.2) is 55.0 Å². The van der Waals surface area contributed by atoms with E-state index in [0.29, 0.717) is 19.5 Å². The number of hydrogen-bond acceptors (Lipinski definition) is 5. The van der Waals surface area contributed by atoms with E-state index in [2.05, 4.69) is 27.9 Å². The van der Waals surface area contributed by atoms with E-state index < -0.39 is 0 Å². The number of hydrogen-bond donors (Lipinski definition) is 3. The molecule has 7 heteroatoms. The van der Waals surface area contributed by atoms with Crippen LogP contribution in [-0.2, 0) is 16.1 Å². The van der Waals surface area contributed by atoms with Crippen LogP contribution in [0.1, 0.15) is 24.1 Å². The number of amides is 2. The Bertz CT molecular complexity index is 548. The van der Waals surface area contributed by atoms with Gasteiger partial charge in [-0.25, -0.2) is 0 Å². The van der Waals surface area contributed by atoms with Crippen LogP contribution in [0.15, 0.2) is 17.5 Å². The van der Waals surface area contributed by atoms with Crippen LogP contribution in [0.4, 0.5) is 0 Å². The Labute approximate surface area is 140 Å². The summed E-state index contributed by atoms with van der Waals surface area (Å²) in [6.45, 7) is 2.09. The van der Waals surface area contributed by atoms with Crippen molar-refractivity contribution in [1.29, 1.82) is 0 Å². The summed E-state index contributed by atoms with van der Waals surface area (Å²) in [4.78, 5) is 27.6. The Balaban J connectivity index is 1.48. The molecule has 0 spiro atoms. The van der Waals surface area contributed by atoms with Gasteiger partial charge in [0, 0.05) is 29.9 Å². The highest BCUT2D eigenvalue weighted by Crippen LogP contribution is 2.21. The molecule has 2 aliphatic heterocycles. The molecule has 23 heavy (non-hydrogen) atoms. The van der Waals surface area contributed by atoms with Crippen molar-refractivity contribution in [3.05, 3.63) is 22.4 Å². The van der Waals surface area contributed by atoms with Gasteiger partial charge in [0.1, 0.15) is 6.04 Å². The predicted molar refractivity (Wildman–Crippen MR) is 90.2 cm³/mol. The zero-order valence-electron chi connectivity index (χ0n) is 13.4. The number of fused-ring (bicyclic) bond motifs is 1. The van der Waals surface area contributed by atoms with Crippen LogP contribution < -0.4 is 16.0 Å². The minimum Gasteiger partial charge on any atom is -0.353 e. The fourth-order valence-corrected chi connectivity index (χ4v) is 4.07. The fraction of sp³-hybridized carbons (Fsp3) is 0.625. The second-order valence-corrected chi connectivity index (χ2v) is 7.28. The summed E-state index contributed by atoms with van der Waals surface area (Å²) >= 11 is 1.65. The van der Waals surface area contributed by atoms with E-state index in [1.165, 1.54) is 0 Å². The molecule has 2 aliphatic rings. The van der Waals surface area contributed by atoms with Gasteiger partial charge in [0.2, 0.25) is 11.8 Å². The summed E-state index contributed by atoms with van der Waals surface area (Å²) in [5.41, 5.74) is 0. The number of carbonyl (C=O) groups is 2. The van der Waals surface area contributed by atoms with E-state index in [1.54, 1.807) is 11.3 Å². The van der Waals surface area contributed by atoms with Gasteiger partial charge < -0.3 is 16.0 Å². The molecule has 6 nitrogen and oxygen atoms in total. The Morgan fingerprint density at radius 3 is 3.17 bits per heavy atom. The van der Waals surface area contributed by atoms with Crippen molar-refractivity contribution >= 4 is 23.2 Å². The van der Waals surface area contributed by atoms with Crippen molar-refractivity contribution in [3.63, 3.8) is 0 Å². The van der Waals surface area contributed by atoms with Gasteiger partial charge in [-0.1, -0.05) is 6.07 Å². The molecule has 3 heterocycles. The van der Waals surface area contributed by atoms with Crippen molar-refractivity contribution in [2.24, 2.45) is 0 Å². The number of likely N-dealkylation sites (N-methyl/N-ethyl adjacent to an activating group) is 1. The highest BCUT2D eigenvalue weighted by atomic mass is 32.1. The number of carbonyl (C=O) groups excluding carboxylic acids is 2. The zero-order valence-corrected chi connectivity index (χ0v) is 14.2. The molecule has 0 bridgehead atoms. The number of thiophene rings is 1. The summed E-state index contributed by atoms with van der Waals surface area (Å²) in [7, 11) is 2.07. The summed E-state index contributed by atoms with van der Waals surface area (Å²) in [6, 6.07) is 4.34. The average Bonchev–Trinajstić information content (AvgIpc) is 3.21. The predicted octanol–water partition coefficient (Wildman–Crippen LogP) is 0.305. The highest BCUT2D eigenvalue weighted by Gasteiger charge is 2.40. The first-order valence-electron chi connectivity index (χ1n) is 8.17. The van der Waals surface area contributed by atoms with Gasteiger partial charge in [-0.3, -0.25) is 14.5 Å². The molecule has 0 aliphatic carbocycles. The van der Waals surface area contributed by atoms with Crippen molar-refractivity contribution in [3.8, 4) is 0 Å². The van der Waals surface area contributed by atoms with E-state index in [-0.39, 0.29) is 29.9 Å². The molecule has 3 N–H and O–H groups in total. The molecule has 0 aromatic carbocycles. The maximum absolute atomic E-state index is 12.1. The van der Waals surface area contributed by atoms with Crippen molar-refractivity contribution in [2.45, 2.75) is 43.9 Å². The Hall–Kier alpha value is -1.44. The van der Waals surface area contributed by atoms with Crippen LogP contribution in [0, 0.1) is 0 Å². The molecule has 0 saturated carbocycles. The average molecular weight is 336 g/mol. The molecular weight excluding hydrogens is 312 g/mol. The van der Waals surface area contributed by atoms with Crippen molar-refractivity contribution in [1.82, 2.24) is 20.9 Å². The lowest BCUT2D eigenvalue weighted by Gasteiger charge is -2.31. The van der Waals surface area contributed by atoms with E-state index in [4.69, 9.17) is 0 Å². The van der Waals surface area contributed by atoms with Gasteiger partial charge in [0.25, 0.3) is 0 Å². The molecule has 1 aromatic heterocycles. The van der Waals surface area contributed by atoms with Gasteiger partial charge in [0.05, 0.1) is 6.54 Å². The van der Waals surface area contributed by atoms with E-state index in [0.717, 1.165) is 24.3 Å². The molecule has 2 saturated heterocycles. The van der Waals surface area contributed by atoms with Gasteiger partial charge in [0.15, 0.2) is 0 Å². The van der Waals surface area contributed by atoms with Crippen LogP contribution in [0.25, 0.3) is 0 Å². The van der Waals surface area contributed by atoms with E-state index >= 15 is 0 Å². The fourth-order valence-electron chi connectivity index (χ4n) is 3.43. The standard InChI is InChI=1S/C16H24N4O2S/c1-20-11(9-19-16(22)15-13(20)6-7-17-15)4-5-14(21)18-10-12-3-2-8-23-12/h2-3,8,11,13,15,17H,4-7,9-10H2,1H3,(H,18,21)(H,19,22). The Morgan fingerprint density at radius 2 is 2.39 bits per heavy atom. The summed E-state index contributed by atoms with van der Waals surface area (Å²) in [6.07, 6.45) is 2.23. The van der Waals surface area contributed by atoms with Crippen molar-refractivity contribution in [2.75, 3.05) is 20.1 Å². The van der Waals surface area contributed by atoms with Crippen LogP contribution in [0.2, 0.25) is 0 Å². The molecule has 3 unspecified atom stereocenters. The molecule has 2 fully saturated rings. The molecule has 3 atom stereocenters. The minimum atomic E-state index is -0.113. The maximum Gasteiger partial charge on any atom is 0.238 e. The largest absolute Gasteiger partial charge is 0.353 e. The topological polar surface area (TPSA) is 73.5 Å². The third kappa shape index (κ3) is 3.91. The lowest BCUT2D eigenvalue weighted by Crippen LogP contribution is -2.48. The van der Waals surface area contributed by atoms with Crippen LogP contribution >= 0.6 is 11.3 Å². The smallest absolute Gasteiger partial charge is 0.238 e. The maximum atomic E-state index is 12.1. The highest BCUT2D eigenvalue weighted by molar-refractivity contribution is 7.09. The number of rotatable bonds is 5. The first kappa shape index (κ1) is 16.4. The van der Waals surface area contributed by atoms with Gasteiger partial charge in [-0.15, -0.1) is 11.3 Å². The van der Waals surface area contributed by atoms with Gasteiger partial charge in [-0.2, -0.15) is 0 Å². The molecule has 0 radical (unpaired) electrons. The zero-order chi connectivity index (χ0) is 16.2. The van der Waals surface area contributed by atoms with Crippen LogP contribution in [0.5, 0.6) is 0 Å². The summed E-state index contributed by atoms with van der Waals surface area (Å²) in [5, 5.41) is 11.2. The molecule has 2 amide bonds. The molecular formula is C16H24N4O2S. The third-order valence-corrected chi connectivity index (χ3v) is 5.70. The lowest BCUT2D eigenvalue weighted by atomic mass is 10.0. The molecule has 3 rings (SSSR count). The normalized spacial score (nSPS) is 28.0. The SMILES string of the molecule is CN1C(CCC(=O)NCc2cccs2)CNC(=O)C2NCCC21. The van der Waals surface area contributed by atoms with Crippen molar-refractivity contribution < 1.29 is 9.59 Å². The van der Waals surface area contributed by atoms with Gasteiger partial charge in [-0.05, 0) is 37.9 Å². The van der Waals surface area contributed by atoms with Crippen LogP contribution in [0.3, 0.4) is 0 Å². The lowest BCUT2D eigenvalue weighted by molar-refractivity contribution is -0.123. The van der Waals surface area contributed by atoms with E-state index in [9.17, 15) is 9.59 Å². The summed E-state index contributed by atoms with van der Waals surface area (Å²) < 4.78 is 0. The Kier molecular flexibility index (Phi) is 5.30. The second kappa shape index (κ2) is 7.42. The molecule has 1 aromatic rings. The van der Waals surface area contributed by atoms with E-state index in [1.807, 2.05) is 17.5 Å². The number of nitrogens with one attached hydrogen (secondary N) is 3. The minimum absolute atomic E-state index is 0.0727. The summed E-state index contributed by atoms with van der Waals surface area (Å²) in [5.74, 6) is 0.160. The first-order valence-corrected chi connectivity index (χ1v) is 9.05. The second-order valence-electron chi connectivity index (χ2n) is 6.25. The number of nitrogens with zero attached hydrogens (tertiary/aromatic N) is 1. The third-order valence-electron chi connectivity index (χ3n) is 4.83. The van der Waals surface area contributed by atoms with Gasteiger partial charge >= 0.3 is 0 Å². The monoisotopic (exact) mass is 336 g/mol.